The van der Waals surface area contributed by atoms with Crippen molar-refractivity contribution in [1.82, 2.24) is 4.90 Å². The zero-order valence-corrected chi connectivity index (χ0v) is 13.5. The van der Waals surface area contributed by atoms with Crippen molar-refractivity contribution in [3.63, 3.8) is 0 Å². The van der Waals surface area contributed by atoms with Crippen LogP contribution in [0.4, 0.5) is 5.69 Å². The van der Waals surface area contributed by atoms with E-state index >= 15 is 0 Å². The molecule has 0 saturated carbocycles. The van der Waals surface area contributed by atoms with Gasteiger partial charge in [0.2, 0.25) is 0 Å². The molecule has 0 aromatic heterocycles. The molecule has 1 amide bonds. The number of carbonyl (C=O) groups is 1. The van der Waals surface area contributed by atoms with Crippen molar-refractivity contribution in [2.75, 3.05) is 31.1 Å². The molecule has 0 bridgehead atoms. The third kappa shape index (κ3) is 3.21. The first-order chi connectivity index (χ1) is 10.6. The Hall–Kier alpha value is -1.71. The first-order valence-electron chi connectivity index (χ1n) is 7.19. The Labute approximate surface area is 140 Å². The molecule has 0 unspecified atom stereocenters. The van der Waals surface area contributed by atoms with Crippen molar-refractivity contribution in [3.8, 4) is 0 Å². The lowest BCUT2D eigenvalue weighted by Gasteiger charge is -2.36. The number of nitrogens with zero attached hydrogens (tertiary/aromatic N) is 2. The second-order valence-electron chi connectivity index (χ2n) is 5.24. The number of hydrogen-bond donors (Lipinski definition) is 0. The molecule has 0 N–H and O–H groups in total. The van der Waals surface area contributed by atoms with E-state index in [4.69, 9.17) is 23.2 Å². The fraction of sp³-hybridized carbons (Fsp3) is 0.235. The Kier molecular flexibility index (Phi) is 4.55. The summed E-state index contributed by atoms with van der Waals surface area (Å²) in [5.74, 6) is -0.00339. The molecule has 0 atom stereocenters. The monoisotopic (exact) mass is 334 g/mol. The second kappa shape index (κ2) is 6.59. The molecule has 0 spiro atoms. The smallest absolute Gasteiger partial charge is 0.255 e. The Morgan fingerprint density at radius 2 is 1.64 bits per heavy atom. The number of benzene rings is 2. The summed E-state index contributed by atoms with van der Waals surface area (Å²) in [5.41, 5.74) is 1.66. The van der Waals surface area contributed by atoms with Gasteiger partial charge in [-0.05, 0) is 30.3 Å². The number of piperazine rings is 1. The quantitative estimate of drug-likeness (QED) is 0.829. The summed E-state index contributed by atoms with van der Waals surface area (Å²) < 4.78 is 0. The van der Waals surface area contributed by atoms with Gasteiger partial charge >= 0.3 is 0 Å². The van der Waals surface area contributed by atoms with Crippen molar-refractivity contribution in [2.24, 2.45) is 0 Å². The molecule has 114 valence electrons. The molecule has 2 aromatic carbocycles. The lowest BCUT2D eigenvalue weighted by molar-refractivity contribution is 0.0747. The number of halogens is 2. The van der Waals surface area contributed by atoms with Gasteiger partial charge in [0.15, 0.2) is 0 Å². The summed E-state index contributed by atoms with van der Waals surface area (Å²) in [5, 5.41) is 1.23. The normalized spacial score (nSPS) is 15.0. The Morgan fingerprint density at radius 1 is 0.909 bits per heavy atom. The number of rotatable bonds is 2. The molecule has 0 aliphatic carbocycles. The van der Waals surface area contributed by atoms with E-state index in [1.807, 2.05) is 41.3 Å². The van der Waals surface area contributed by atoms with Crippen LogP contribution < -0.4 is 4.90 Å². The summed E-state index contributed by atoms with van der Waals surface area (Å²) in [6, 6.07) is 15.0. The second-order valence-corrected chi connectivity index (χ2v) is 6.08. The summed E-state index contributed by atoms with van der Waals surface area (Å²) in [6.45, 7) is 2.93. The van der Waals surface area contributed by atoms with Crippen molar-refractivity contribution in [2.45, 2.75) is 0 Å². The van der Waals surface area contributed by atoms with Crippen molar-refractivity contribution >= 4 is 34.8 Å². The van der Waals surface area contributed by atoms with E-state index in [9.17, 15) is 4.79 Å². The summed E-state index contributed by atoms with van der Waals surface area (Å²) >= 11 is 12.1. The SMILES string of the molecule is O=C(c1ccccc1Cl)N1CCN(c2cccc(Cl)c2)CC1. The van der Waals surface area contributed by atoms with Crippen molar-refractivity contribution in [1.29, 1.82) is 0 Å². The molecule has 3 nitrogen and oxygen atoms in total. The van der Waals surface area contributed by atoms with E-state index < -0.39 is 0 Å². The van der Waals surface area contributed by atoms with E-state index in [0.717, 1.165) is 23.8 Å². The highest BCUT2D eigenvalue weighted by molar-refractivity contribution is 6.33. The highest BCUT2D eigenvalue weighted by atomic mass is 35.5. The van der Waals surface area contributed by atoms with Gasteiger partial charge in [0.25, 0.3) is 5.91 Å². The first-order valence-corrected chi connectivity index (χ1v) is 7.95. The number of amides is 1. The van der Waals surface area contributed by atoms with Crippen LogP contribution in [-0.4, -0.2) is 37.0 Å². The average molecular weight is 335 g/mol. The van der Waals surface area contributed by atoms with E-state index in [2.05, 4.69) is 4.90 Å². The van der Waals surface area contributed by atoms with Gasteiger partial charge in [0.05, 0.1) is 10.6 Å². The lowest BCUT2D eigenvalue weighted by atomic mass is 10.1. The third-order valence-corrected chi connectivity index (χ3v) is 4.41. The molecule has 5 heteroatoms. The van der Waals surface area contributed by atoms with Gasteiger partial charge in [-0.15, -0.1) is 0 Å². The highest BCUT2D eigenvalue weighted by Gasteiger charge is 2.23. The van der Waals surface area contributed by atoms with Crippen LogP contribution in [0, 0.1) is 0 Å². The summed E-state index contributed by atoms with van der Waals surface area (Å²) in [4.78, 5) is 16.6. The molecule has 1 aliphatic rings. The summed E-state index contributed by atoms with van der Waals surface area (Å²) in [7, 11) is 0. The van der Waals surface area contributed by atoms with Crippen LogP contribution in [0.25, 0.3) is 0 Å². The molecule has 0 radical (unpaired) electrons. The Morgan fingerprint density at radius 3 is 2.32 bits per heavy atom. The van der Waals surface area contributed by atoms with Crippen LogP contribution in [0.2, 0.25) is 10.0 Å². The molecule has 1 heterocycles. The van der Waals surface area contributed by atoms with Gasteiger partial charge in [-0.25, -0.2) is 0 Å². The van der Waals surface area contributed by atoms with Gasteiger partial charge < -0.3 is 9.80 Å². The first kappa shape index (κ1) is 15.2. The molecule has 2 aromatic rings. The molecule has 3 rings (SSSR count). The molecule has 1 fully saturated rings. The van der Waals surface area contributed by atoms with Gasteiger partial charge in [0, 0.05) is 36.9 Å². The zero-order valence-electron chi connectivity index (χ0n) is 12.0. The van der Waals surface area contributed by atoms with Crippen LogP contribution in [-0.2, 0) is 0 Å². The van der Waals surface area contributed by atoms with Crippen LogP contribution in [0.5, 0.6) is 0 Å². The maximum absolute atomic E-state index is 12.5. The van der Waals surface area contributed by atoms with Gasteiger partial charge in [-0.3, -0.25) is 4.79 Å². The van der Waals surface area contributed by atoms with E-state index in [1.54, 1.807) is 12.1 Å². The van der Waals surface area contributed by atoms with Crippen molar-refractivity contribution in [3.05, 3.63) is 64.1 Å². The van der Waals surface area contributed by atoms with Crippen LogP contribution in [0.15, 0.2) is 48.5 Å². The maximum atomic E-state index is 12.5. The molecular weight excluding hydrogens is 319 g/mol. The fourth-order valence-electron chi connectivity index (χ4n) is 2.65. The van der Waals surface area contributed by atoms with E-state index in [0.29, 0.717) is 23.7 Å². The highest BCUT2D eigenvalue weighted by Crippen LogP contribution is 2.22. The van der Waals surface area contributed by atoms with E-state index in [1.165, 1.54) is 0 Å². The number of hydrogen-bond acceptors (Lipinski definition) is 2. The van der Waals surface area contributed by atoms with Gasteiger partial charge in [-0.2, -0.15) is 0 Å². The largest absolute Gasteiger partial charge is 0.368 e. The molecule has 1 saturated heterocycles. The fourth-order valence-corrected chi connectivity index (χ4v) is 3.05. The van der Waals surface area contributed by atoms with Crippen LogP contribution in [0.3, 0.4) is 0 Å². The predicted octanol–water partition coefficient (Wildman–Crippen LogP) is 3.96. The minimum atomic E-state index is -0.00339. The topological polar surface area (TPSA) is 23.6 Å². The van der Waals surface area contributed by atoms with Gasteiger partial charge in [0.1, 0.15) is 0 Å². The van der Waals surface area contributed by atoms with Crippen LogP contribution in [0.1, 0.15) is 10.4 Å². The summed E-state index contributed by atoms with van der Waals surface area (Å²) in [6.07, 6.45) is 0. The Bertz CT molecular complexity index is 682. The lowest BCUT2D eigenvalue weighted by Crippen LogP contribution is -2.48. The standard InChI is InChI=1S/C17H16Cl2N2O/c18-13-4-3-5-14(12-13)20-8-10-21(11-9-20)17(22)15-6-1-2-7-16(15)19/h1-7,12H,8-11H2. The molecule has 22 heavy (non-hydrogen) atoms. The average Bonchev–Trinajstić information content (AvgIpc) is 2.55. The number of carbonyl (C=O) groups excluding carboxylic acids is 1. The third-order valence-electron chi connectivity index (χ3n) is 3.84. The van der Waals surface area contributed by atoms with E-state index in [-0.39, 0.29) is 5.91 Å². The van der Waals surface area contributed by atoms with Crippen LogP contribution >= 0.6 is 23.2 Å². The minimum Gasteiger partial charge on any atom is -0.368 e. The Balaban J connectivity index is 1.67. The minimum absolute atomic E-state index is 0.00339. The molecular formula is C17H16Cl2N2O. The number of anilines is 1. The van der Waals surface area contributed by atoms with Gasteiger partial charge in [-0.1, -0.05) is 41.4 Å². The van der Waals surface area contributed by atoms with Crippen molar-refractivity contribution < 1.29 is 4.79 Å². The predicted molar refractivity (Wildman–Crippen MR) is 91.0 cm³/mol. The maximum Gasteiger partial charge on any atom is 0.255 e. The molecule has 1 aliphatic heterocycles. The zero-order chi connectivity index (χ0) is 15.5.